The van der Waals surface area contributed by atoms with Crippen LogP contribution in [0.3, 0.4) is 0 Å². The number of fused-ring (bicyclic) bond motifs is 4. The highest BCUT2D eigenvalue weighted by Crippen LogP contribution is 2.32. The largest absolute Gasteiger partial charge is 0.391 e. The van der Waals surface area contributed by atoms with Gasteiger partial charge >= 0.3 is 0 Å². The van der Waals surface area contributed by atoms with Gasteiger partial charge in [0.1, 0.15) is 24.5 Å². The number of aliphatic hydroxyl groups is 3. The van der Waals surface area contributed by atoms with E-state index in [-0.39, 0.29) is 17.9 Å². The van der Waals surface area contributed by atoms with Crippen LogP contribution in [-0.4, -0.2) is 50.9 Å². The lowest BCUT2D eigenvalue weighted by Gasteiger charge is -2.24. The fourth-order valence-corrected chi connectivity index (χ4v) is 10.1. The van der Waals surface area contributed by atoms with Gasteiger partial charge < -0.3 is 25.9 Å². The topological polar surface area (TPSA) is 142 Å². The van der Waals surface area contributed by atoms with Crippen molar-refractivity contribution in [2.24, 2.45) is 10.9 Å². The molecule has 4 atom stereocenters. The van der Waals surface area contributed by atoms with E-state index in [0.717, 1.165) is 84.1 Å². The Bertz CT molecular complexity index is 1930. The fraction of sp³-hybridized carbons (Fsp3) is 0.359. The van der Waals surface area contributed by atoms with Crippen LogP contribution < -0.4 is 5.73 Å². The second-order valence-corrected chi connectivity index (χ2v) is 16.7. The summed E-state index contributed by atoms with van der Waals surface area (Å²) in [5.41, 5.74) is 11.4. The summed E-state index contributed by atoms with van der Waals surface area (Å²) in [7, 11) is 0. The molecule has 268 valence electrons. The van der Waals surface area contributed by atoms with Crippen molar-refractivity contribution in [3.05, 3.63) is 123 Å². The Morgan fingerprint density at radius 3 is 1.98 bits per heavy atom. The number of carbonyl (C=O) groups excluding carboxylic acids is 2. The molecule has 1 aromatic carbocycles. The molecule has 4 aliphatic carbocycles. The highest BCUT2D eigenvalue weighted by atomic mass is 32.1. The average molecular weight is 763 g/mol. The molecular weight excluding hydrogens is 721 g/mol. The van der Waals surface area contributed by atoms with Crippen LogP contribution in [0.2, 0.25) is 0 Å². The van der Waals surface area contributed by atoms with Crippen LogP contribution in [0.25, 0.3) is 0 Å². The van der Waals surface area contributed by atoms with Crippen LogP contribution in [0.4, 0.5) is 0 Å². The molecule has 0 bridgehead atoms. The third-order valence-electron chi connectivity index (χ3n) is 9.25. The average Bonchev–Trinajstić information content (AvgIpc) is 3.98. The molecule has 4 heterocycles. The molecule has 8 nitrogen and oxygen atoms in total. The number of rotatable bonds is 3. The summed E-state index contributed by atoms with van der Waals surface area (Å²) >= 11 is 6.76. The van der Waals surface area contributed by atoms with E-state index in [1.807, 2.05) is 70.1 Å². The summed E-state index contributed by atoms with van der Waals surface area (Å²) in [4.78, 5) is 32.8. The first-order chi connectivity index (χ1) is 24.8. The van der Waals surface area contributed by atoms with Crippen LogP contribution in [0.5, 0.6) is 0 Å². The first-order valence-electron chi connectivity index (χ1n) is 17.2. The molecule has 5 aromatic rings. The number of benzene rings is 1. The minimum absolute atomic E-state index is 0.104. The Labute approximate surface area is 313 Å². The predicted octanol–water partition coefficient (Wildman–Crippen LogP) is 7.54. The molecule has 0 fully saturated rings. The Balaban J connectivity index is 0.000000122. The number of hydrogen-bond donors (Lipinski definition) is 4. The number of thiophene rings is 4. The molecule has 0 saturated carbocycles. The maximum Gasteiger partial charge on any atom is 0.192 e. The lowest BCUT2D eigenvalue weighted by atomic mass is 9.92. The van der Waals surface area contributed by atoms with Crippen LogP contribution >= 0.6 is 45.3 Å². The van der Waals surface area contributed by atoms with Crippen molar-refractivity contribution in [2.45, 2.75) is 88.7 Å². The van der Waals surface area contributed by atoms with E-state index < -0.39 is 12.2 Å². The van der Waals surface area contributed by atoms with Crippen molar-refractivity contribution in [3.63, 3.8) is 0 Å². The predicted molar refractivity (Wildman–Crippen MR) is 207 cm³/mol. The summed E-state index contributed by atoms with van der Waals surface area (Å²) in [6.45, 7) is 0.427. The minimum atomic E-state index is -0.753. The summed E-state index contributed by atoms with van der Waals surface area (Å²) in [5, 5.41) is 40.8. The Hall–Kier alpha value is -3.33. The van der Waals surface area contributed by atoms with Crippen molar-refractivity contribution < 1.29 is 29.7 Å². The molecule has 51 heavy (non-hydrogen) atoms. The van der Waals surface area contributed by atoms with Crippen LogP contribution in [0.15, 0.2) is 81.3 Å². The van der Waals surface area contributed by atoms with Gasteiger partial charge in [-0.1, -0.05) is 35.5 Å². The molecule has 12 heteroatoms. The first-order valence-corrected chi connectivity index (χ1v) is 20.7. The number of aryl methyl sites for hydroxylation is 4. The van der Waals surface area contributed by atoms with Crippen molar-refractivity contribution in [1.82, 2.24) is 0 Å². The van der Waals surface area contributed by atoms with E-state index in [1.54, 1.807) is 51.4 Å². The lowest BCUT2D eigenvalue weighted by Crippen LogP contribution is -2.30. The Kier molecular flexibility index (Phi) is 13.2. The third kappa shape index (κ3) is 9.37. The zero-order chi connectivity index (χ0) is 35.7. The maximum atomic E-state index is 11.2. The fourth-order valence-electron chi connectivity index (χ4n) is 6.38. The summed E-state index contributed by atoms with van der Waals surface area (Å²) in [6, 6.07) is 17.5. The number of aliphatic hydroxyl groups excluding tert-OH is 3. The number of nitrogens with zero attached hydrogens (tertiary/aromatic N) is 1. The van der Waals surface area contributed by atoms with Crippen LogP contribution in [-0.2, 0) is 37.1 Å². The second-order valence-electron chi connectivity index (χ2n) is 12.7. The van der Waals surface area contributed by atoms with Gasteiger partial charge in [0.15, 0.2) is 11.6 Å². The second kappa shape index (κ2) is 17.9. The summed E-state index contributed by atoms with van der Waals surface area (Å²) in [6.07, 6.45) is 6.19. The van der Waals surface area contributed by atoms with E-state index in [1.165, 1.54) is 14.6 Å². The first kappa shape index (κ1) is 37.4. The summed E-state index contributed by atoms with van der Waals surface area (Å²) in [5.74, 6) is 0.231. The highest BCUT2D eigenvalue weighted by Gasteiger charge is 2.27. The van der Waals surface area contributed by atoms with Crippen molar-refractivity contribution in [2.75, 3.05) is 0 Å². The van der Waals surface area contributed by atoms with E-state index >= 15 is 0 Å². The molecule has 5 N–H and O–H groups in total. The van der Waals surface area contributed by atoms with Gasteiger partial charge in [0.2, 0.25) is 0 Å². The summed E-state index contributed by atoms with van der Waals surface area (Å²) < 4.78 is 0. The van der Waals surface area contributed by atoms with Crippen LogP contribution in [0, 0.1) is 0 Å². The molecule has 0 amide bonds. The van der Waals surface area contributed by atoms with Gasteiger partial charge in [0.25, 0.3) is 0 Å². The van der Waals surface area contributed by atoms with Gasteiger partial charge in [-0.3, -0.25) is 9.59 Å². The molecule has 4 aliphatic rings. The van der Waals surface area contributed by atoms with E-state index in [4.69, 9.17) is 10.6 Å². The number of hydrogen-bond acceptors (Lipinski definition) is 12. The normalized spacial score (nSPS) is 22.4. The smallest absolute Gasteiger partial charge is 0.192 e. The highest BCUT2D eigenvalue weighted by molar-refractivity contribution is 7.11. The number of carbonyl (C=O) groups is 2. The van der Waals surface area contributed by atoms with Gasteiger partial charge in [-0.25, -0.2) is 0 Å². The van der Waals surface area contributed by atoms with Crippen molar-refractivity contribution >= 4 is 62.6 Å². The molecule has 0 saturated heterocycles. The van der Waals surface area contributed by atoms with E-state index in [2.05, 4.69) is 5.16 Å². The molecule has 4 aromatic heterocycles. The lowest BCUT2D eigenvalue weighted by molar-refractivity contribution is 0.0714. The molecule has 0 radical (unpaired) electrons. The number of oxime groups is 1. The maximum absolute atomic E-state index is 11.2. The molecule has 0 spiro atoms. The quantitative estimate of drug-likeness (QED) is 0.139. The van der Waals surface area contributed by atoms with Gasteiger partial charge in [0.05, 0.1) is 12.1 Å². The minimum Gasteiger partial charge on any atom is -0.391 e. The number of nitrogens with two attached hydrogens (primary N) is 1. The van der Waals surface area contributed by atoms with Gasteiger partial charge in [-0.05, 0) is 108 Å². The van der Waals surface area contributed by atoms with Gasteiger partial charge in [-0.15, -0.1) is 45.3 Å². The zero-order valence-corrected chi connectivity index (χ0v) is 31.4. The van der Waals surface area contributed by atoms with E-state index in [9.17, 15) is 24.9 Å². The number of ketones is 2. The molecular formula is C39H42N2O6S4. The van der Waals surface area contributed by atoms with Crippen molar-refractivity contribution in [1.29, 1.82) is 0 Å². The number of Topliss-reactive ketones (excluding diaryl/α,β-unsaturated/α-hetero) is 2. The zero-order valence-electron chi connectivity index (χ0n) is 28.1. The third-order valence-corrected chi connectivity index (χ3v) is 13.2. The van der Waals surface area contributed by atoms with Crippen molar-refractivity contribution in [3.8, 4) is 0 Å². The monoisotopic (exact) mass is 762 g/mol. The SMILES string of the molecule is N[C@H]1c2ccsc2CC[C@H]1O.O=C1CCCc2sccc21.O=C1c2ccsc2CC[C@H]1O.O[C@@H]1CCc2sccc2/C1=N/OCc1ccccc1. The Morgan fingerprint density at radius 1 is 0.667 bits per heavy atom. The molecule has 0 aliphatic heterocycles. The van der Waals surface area contributed by atoms with Crippen LogP contribution in [0.1, 0.15) is 95.1 Å². The van der Waals surface area contributed by atoms with Gasteiger partial charge in [-0.2, -0.15) is 0 Å². The Morgan fingerprint density at radius 2 is 1.25 bits per heavy atom. The van der Waals surface area contributed by atoms with Gasteiger partial charge in [0, 0.05) is 42.6 Å². The standard InChI is InChI=1S/C15H15NO2S.C8H11NOS.C8H8O2S.C8H8OS/c17-13-6-7-14-12(8-9-19-14)15(13)16-18-10-11-4-2-1-3-5-11;9-8-5-3-4-11-7(5)2-1-6(8)10;9-6-1-2-7-5(8(6)10)3-4-11-7;9-7-2-1-3-8-6(7)4-5-10-8/h1-5,8-9,13,17H,6-7,10H2;3-4,6,8,10H,1-2,9H2;3-4,6,9H,1-2H2;4-5H,1-3H2/b16-15-;;;/t13-;6-,8+;6-;/m111./s1. The molecule has 9 rings (SSSR count). The molecule has 0 unspecified atom stereocenters. The van der Waals surface area contributed by atoms with E-state index in [0.29, 0.717) is 24.5 Å².